The molecule has 0 aliphatic rings. The lowest BCUT2D eigenvalue weighted by atomic mass is 10.4. The summed E-state index contributed by atoms with van der Waals surface area (Å²) >= 11 is 0. The van der Waals surface area contributed by atoms with Gasteiger partial charge in [0.25, 0.3) is 0 Å². The zero-order valence-corrected chi connectivity index (χ0v) is 7.03. The van der Waals surface area contributed by atoms with Crippen molar-refractivity contribution in [3.05, 3.63) is 28.7 Å². The van der Waals surface area contributed by atoms with E-state index in [4.69, 9.17) is 0 Å². The van der Waals surface area contributed by atoms with Crippen molar-refractivity contribution in [2.75, 3.05) is 19.0 Å². The van der Waals surface area contributed by atoms with Crippen molar-refractivity contribution in [1.29, 1.82) is 0 Å². The summed E-state index contributed by atoms with van der Waals surface area (Å²) in [5.41, 5.74) is 1.06. The van der Waals surface area contributed by atoms with E-state index in [2.05, 4.69) is 0 Å². The molecule has 0 aliphatic carbocycles. The topological polar surface area (TPSA) is 25.2 Å². The van der Waals surface area contributed by atoms with E-state index >= 15 is 0 Å². The Bertz CT molecular complexity index is 301. The van der Waals surface area contributed by atoms with E-state index in [1.54, 1.807) is 17.7 Å². The van der Waals surface area contributed by atoms with E-state index in [-0.39, 0.29) is 5.56 Å². The molecule has 0 fully saturated rings. The summed E-state index contributed by atoms with van der Waals surface area (Å²) < 4.78 is 1.56. The molecule has 0 unspecified atom stereocenters. The average molecular weight is 152 g/mol. The Hall–Kier alpha value is -1.25. The van der Waals surface area contributed by atoms with Crippen LogP contribution >= 0.6 is 0 Å². The zero-order valence-electron chi connectivity index (χ0n) is 7.03. The van der Waals surface area contributed by atoms with Gasteiger partial charge < -0.3 is 9.47 Å². The molecule has 0 aliphatic heterocycles. The molecule has 11 heavy (non-hydrogen) atoms. The highest BCUT2D eigenvalue weighted by molar-refractivity contribution is 5.41. The fourth-order valence-corrected chi connectivity index (χ4v) is 0.844. The van der Waals surface area contributed by atoms with Gasteiger partial charge in [0, 0.05) is 33.4 Å². The number of rotatable bonds is 1. The minimum absolute atomic E-state index is 0.0237. The molecule has 0 spiro atoms. The number of pyridine rings is 1. The smallest absolute Gasteiger partial charge is 0.250 e. The summed E-state index contributed by atoms with van der Waals surface area (Å²) in [4.78, 5) is 12.9. The molecule has 1 rings (SSSR count). The number of aryl methyl sites for hydroxylation is 1. The van der Waals surface area contributed by atoms with Gasteiger partial charge >= 0.3 is 0 Å². The van der Waals surface area contributed by atoms with Gasteiger partial charge in [-0.1, -0.05) is 0 Å². The van der Waals surface area contributed by atoms with Crippen LogP contribution in [0.2, 0.25) is 0 Å². The normalized spacial score (nSPS) is 9.73. The Kier molecular flexibility index (Phi) is 1.98. The van der Waals surface area contributed by atoms with Gasteiger partial charge in [0.1, 0.15) is 0 Å². The van der Waals surface area contributed by atoms with Gasteiger partial charge in [-0.2, -0.15) is 0 Å². The van der Waals surface area contributed by atoms with Crippen LogP contribution in [0.1, 0.15) is 0 Å². The highest BCUT2D eigenvalue weighted by Gasteiger charge is 1.94. The molecule has 0 aromatic carbocycles. The fraction of sp³-hybridized carbons (Fsp3) is 0.375. The highest BCUT2D eigenvalue weighted by atomic mass is 16.1. The number of aromatic nitrogens is 1. The van der Waals surface area contributed by atoms with Crippen LogP contribution in [0.5, 0.6) is 0 Å². The van der Waals surface area contributed by atoms with Crippen molar-refractivity contribution < 1.29 is 0 Å². The van der Waals surface area contributed by atoms with Crippen LogP contribution < -0.4 is 10.5 Å². The molecule has 1 aromatic rings. The summed E-state index contributed by atoms with van der Waals surface area (Å²) in [6, 6.07) is 3.37. The van der Waals surface area contributed by atoms with Crippen LogP contribution in [0.3, 0.4) is 0 Å². The predicted molar refractivity (Wildman–Crippen MR) is 46.0 cm³/mol. The first-order valence-electron chi connectivity index (χ1n) is 3.45. The van der Waals surface area contributed by atoms with Crippen molar-refractivity contribution in [1.82, 2.24) is 4.57 Å². The SMILES string of the molecule is CN(C)c1ccc(=O)n(C)c1. The van der Waals surface area contributed by atoms with Crippen molar-refractivity contribution in [3.8, 4) is 0 Å². The van der Waals surface area contributed by atoms with Crippen LogP contribution in [-0.2, 0) is 7.05 Å². The number of hydrogen-bond acceptors (Lipinski definition) is 2. The van der Waals surface area contributed by atoms with Crippen molar-refractivity contribution in [3.63, 3.8) is 0 Å². The molecular formula is C8H12N2O. The third-order valence-electron chi connectivity index (χ3n) is 1.59. The molecule has 3 heteroatoms. The molecule has 0 N–H and O–H groups in total. The second kappa shape index (κ2) is 2.78. The maximum absolute atomic E-state index is 10.9. The van der Waals surface area contributed by atoms with Crippen LogP contribution in [0, 0.1) is 0 Å². The van der Waals surface area contributed by atoms with E-state index in [0.717, 1.165) is 5.69 Å². The van der Waals surface area contributed by atoms with Crippen molar-refractivity contribution in [2.24, 2.45) is 7.05 Å². The summed E-state index contributed by atoms with van der Waals surface area (Å²) in [7, 11) is 5.63. The summed E-state index contributed by atoms with van der Waals surface area (Å²) in [5, 5.41) is 0. The lowest BCUT2D eigenvalue weighted by Gasteiger charge is -2.12. The predicted octanol–water partition coefficient (Wildman–Crippen LogP) is 0.451. The summed E-state index contributed by atoms with van der Waals surface area (Å²) in [6.07, 6.45) is 1.81. The molecule has 60 valence electrons. The number of anilines is 1. The van der Waals surface area contributed by atoms with E-state index in [0.29, 0.717) is 0 Å². The molecular weight excluding hydrogens is 140 g/mol. The van der Waals surface area contributed by atoms with E-state index < -0.39 is 0 Å². The highest BCUT2D eigenvalue weighted by Crippen LogP contribution is 2.05. The molecule has 0 bridgehead atoms. The summed E-state index contributed by atoms with van der Waals surface area (Å²) in [6.45, 7) is 0. The van der Waals surface area contributed by atoms with E-state index in [1.807, 2.05) is 31.3 Å². The van der Waals surface area contributed by atoms with E-state index in [1.165, 1.54) is 0 Å². The third-order valence-corrected chi connectivity index (χ3v) is 1.59. The fourth-order valence-electron chi connectivity index (χ4n) is 0.844. The van der Waals surface area contributed by atoms with Crippen LogP contribution in [0.4, 0.5) is 5.69 Å². The van der Waals surface area contributed by atoms with Gasteiger partial charge in [-0.05, 0) is 6.07 Å². The largest absolute Gasteiger partial charge is 0.376 e. The molecule has 0 saturated carbocycles. The molecule has 0 atom stereocenters. The third kappa shape index (κ3) is 1.61. The lowest BCUT2D eigenvalue weighted by Crippen LogP contribution is -2.17. The quantitative estimate of drug-likeness (QED) is 0.584. The molecule has 1 heterocycles. The van der Waals surface area contributed by atoms with Crippen LogP contribution in [-0.4, -0.2) is 18.7 Å². The average Bonchev–Trinajstić information content (AvgIpc) is 1.94. The van der Waals surface area contributed by atoms with Crippen LogP contribution in [0.15, 0.2) is 23.1 Å². The second-order valence-corrected chi connectivity index (χ2v) is 2.73. The van der Waals surface area contributed by atoms with Gasteiger partial charge in [0.05, 0.1) is 5.69 Å². The minimum atomic E-state index is 0.0237. The second-order valence-electron chi connectivity index (χ2n) is 2.73. The van der Waals surface area contributed by atoms with Crippen molar-refractivity contribution in [2.45, 2.75) is 0 Å². The maximum Gasteiger partial charge on any atom is 0.250 e. The van der Waals surface area contributed by atoms with E-state index in [9.17, 15) is 4.79 Å². The van der Waals surface area contributed by atoms with Gasteiger partial charge in [-0.3, -0.25) is 4.79 Å². The summed E-state index contributed by atoms with van der Waals surface area (Å²) in [5.74, 6) is 0. The van der Waals surface area contributed by atoms with Crippen molar-refractivity contribution >= 4 is 5.69 Å². The van der Waals surface area contributed by atoms with Gasteiger partial charge in [-0.25, -0.2) is 0 Å². The Morgan fingerprint density at radius 1 is 1.36 bits per heavy atom. The first-order valence-corrected chi connectivity index (χ1v) is 3.45. The minimum Gasteiger partial charge on any atom is -0.376 e. The molecule has 0 amide bonds. The Balaban J connectivity index is 3.15. The lowest BCUT2D eigenvalue weighted by molar-refractivity contribution is 0.854. The van der Waals surface area contributed by atoms with Gasteiger partial charge in [0.2, 0.25) is 5.56 Å². The van der Waals surface area contributed by atoms with Gasteiger partial charge in [0.15, 0.2) is 0 Å². The Morgan fingerprint density at radius 3 is 2.45 bits per heavy atom. The zero-order chi connectivity index (χ0) is 8.43. The Morgan fingerprint density at radius 2 is 2.00 bits per heavy atom. The first-order chi connectivity index (χ1) is 5.11. The number of hydrogen-bond donors (Lipinski definition) is 0. The van der Waals surface area contributed by atoms with Crippen LogP contribution in [0.25, 0.3) is 0 Å². The maximum atomic E-state index is 10.9. The first kappa shape index (κ1) is 7.85. The standard InChI is InChI=1S/C8H12N2O/c1-9(2)7-4-5-8(11)10(3)6-7/h4-6H,1-3H3. The number of nitrogens with zero attached hydrogens (tertiary/aromatic N) is 2. The molecule has 3 nitrogen and oxygen atoms in total. The van der Waals surface area contributed by atoms with Gasteiger partial charge in [-0.15, -0.1) is 0 Å². The molecule has 0 radical (unpaired) electrons. The Labute approximate surface area is 65.9 Å². The molecule has 1 aromatic heterocycles. The monoisotopic (exact) mass is 152 g/mol. The molecule has 0 saturated heterocycles.